The highest BCUT2D eigenvalue weighted by Gasteiger charge is 2.06. The third-order valence-electron chi connectivity index (χ3n) is 1.32. The first-order valence-corrected chi connectivity index (χ1v) is 4.72. The summed E-state index contributed by atoms with van der Waals surface area (Å²) in [6.45, 7) is 0. The fraction of sp³-hybridized carbons (Fsp3) is 0.625. The van der Waals surface area contributed by atoms with Crippen molar-refractivity contribution < 1.29 is 9.53 Å². The van der Waals surface area contributed by atoms with Gasteiger partial charge in [-0.3, -0.25) is 0 Å². The number of ether oxygens (including phenoxy) is 1. The van der Waals surface area contributed by atoms with Gasteiger partial charge < -0.3 is 4.74 Å². The molecule has 0 saturated heterocycles. The quantitative estimate of drug-likeness (QED) is 0.302. The van der Waals surface area contributed by atoms with E-state index < -0.39 is 0 Å². The summed E-state index contributed by atoms with van der Waals surface area (Å²) < 4.78 is 4.51. The number of hydrogen-bond acceptors (Lipinski definition) is 2. The summed E-state index contributed by atoms with van der Waals surface area (Å²) in [6.07, 6.45) is 3.38. The van der Waals surface area contributed by atoms with Gasteiger partial charge in [0.1, 0.15) is 0 Å². The fourth-order valence-electron chi connectivity index (χ4n) is 0.677. The number of esters is 1. The highest BCUT2D eigenvalue weighted by atomic mass is 35.5. The molecule has 0 aliphatic rings. The summed E-state index contributed by atoms with van der Waals surface area (Å²) in [5, 5.41) is 0. The number of unbranched alkanes of at least 4 members (excludes halogenated alkanes) is 1. The van der Waals surface area contributed by atoms with E-state index in [0.29, 0.717) is 11.5 Å². The number of alkyl halides is 2. The third kappa shape index (κ3) is 4.62. The minimum Gasteiger partial charge on any atom is -0.466 e. The Morgan fingerprint density at radius 3 is 2.58 bits per heavy atom. The van der Waals surface area contributed by atoms with Crippen LogP contribution < -0.4 is 0 Å². The molecule has 0 atom stereocenters. The molecule has 0 aromatic carbocycles. The van der Waals surface area contributed by atoms with Gasteiger partial charge in [0.2, 0.25) is 0 Å². The van der Waals surface area contributed by atoms with Crippen molar-refractivity contribution in [3.8, 4) is 0 Å². The molecule has 0 N–H and O–H groups in total. The summed E-state index contributed by atoms with van der Waals surface area (Å²) in [7, 11) is 1.34. The lowest BCUT2D eigenvalue weighted by atomic mass is 10.2. The third-order valence-corrected chi connectivity index (χ3v) is 1.88. The molecular weight excluding hydrogens is 199 g/mol. The van der Waals surface area contributed by atoms with Crippen LogP contribution in [0.5, 0.6) is 0 Å². The molecule has 0 aliphatic carbocycles. The monoisotopic (exact) mass is 210 g/mol. The predicted octanol–water partition coefficient (Wildman–Crippen LogP) is 2.34. The average Bonchev–Trinajstić information content (AvgIpc) is 2.11. The first kappa shape index (κ1) is 11.8. The molecule has 0 saturated carbocycles. The molecule has 2 nitrogen and oxygen atoms in total. The summed E-state index contributed by atoms with van der Waals surface area (Å²) in [5.74, 6) is 0.418. The molecule has 0 aromatic rings. The predicted molar refractivity (Wildman–Crippen MR) is 50.8 cm³/mol. The van der Waals surface area contributed by atoms with Crippen LogP contribution in [0.1, 0.15) is 12.8 Å². The second-order valence-electron chi connectivity index (χ2n) is 2.19. The summed E-state index contributed by atoms with van der Waals surface area (Å²) >= 11 is 11.0. The maximum absolute atomic E-state index is 10.9. The molecule has 0 bridgehead atoms. The number of hydrogen-bond donors (Lipinski definition) is 0. The maximum Gasteiger partial charge on any atom is 0.334 e. The normalized spacial score (nSPS) is 11.4. The van der Waals surface area contributed by atoms with E-state index >= 15 is 0 Å². The van der Waals surface area contributed by atoms with Gasteiger partial charge >= 0.3 is 5.97 Å². The Labute approximate surface area is 82.5 Å². The second kappa shape index (κ2) is 7.44. The van der Waals surface area contributed by atoms with Gasteiger partial charge in [-0.1, -0.05) is 6.08 Å². The molecule has 0 spiro atoms. The standard InChI is InChI=1S/C8H12Cl2O2/c1-12-8(11)7(6-10)4-2-3-5-9/h4H,2-3,5-6H2,1H3/b7-4+. The SMILES string of the molecule is COC(=O)/C(=C/CCCCl)CCl. The molecule has 0 unspecified atom stereocenters. The van der Waals surface area contributed by atoms with Crippen LogP contribution in [0.2, 0.25) is 0 Å². The number of allylic oxidation sites excluding steroid dienone is 1. The van der Waals surface area contributed by atoms with Crippen LogP contribution in [0.4, 0.5) is 0 Å². The van der Waals surface area contributed by atoms with Gasteiger partial charge in [-0.25, -0.2) is 4.79 Å². The zero-order valence-electron chi connectivity index (χ0n) is 6.98. The van der Waals surface area contributed by atoms with Crippen LogP contribution in [0, 0.1) is 0 Å². The van der Waals surface area contributed by atoms with Gasteiger partial charge in [-0.15, -0.1) is 23.2 Å². The first-order valence-electron chi connectivity index (χ1n) is 3.65. The minimum atomic E-state index is -0.362. The maximum atomic E-state index is 10.9. The molecule has 0 amide bonds. The van der Waals surface area contributed by atoms with Crippen molar-refractivity contribution in [1.82, 2.24) is 0 Å². The Kier molecular flexibility index (Phi) is 7.31. The molecule has 0 rings (SSSR count). The van der Waals surface area contributed by atoms with Crippen LogP contribution in [-0.2, 0) is 9.53 Å². The summed E-state index contributed by atoms with van der Waals surface area (Å²) in [4.78, 5) is 10.9. The van der Waals surface area contributed by atoms with E-state index in [0.717, 1.165) is 12.8 Å². The smallest absolute Gasteiger partial charge is 0.334 e. The van der Waals surface area contributed by atoms with Crippen molar-refractivity contribution in [3.05, 3.63) is 11.6 Å². The Bertz CT molecular complexity index is 166. The van der Waals surface area contributed by atoms with Gasteiger partial charge in [0.15, 0.2) is 0 Å². The number of halogens is 2. The van der Waals surface area contributed by atoms with Crippen molar-refractivity contribution in [2.75, 3.05) is 18.9 Å². The number of carbonyl (C=O) groups excluding carboxylic acids is 1. The van der Waals surface area contributed by atoms with E-state index in [1.165, 1.54) is 7.11 Å². The van der Waals surface area contributed by atoms with Crippen LogP contribution in [0.3, 0.4) is 0 Å². The van der Waals surface area contributed by atoms with Gasteiger partial charge in [0.25, 0.3) is 0 Å². The first-order chi connectivity index (χ1) is 5.76. The van der Waals surface area contributed by atoms with E-state index in [4.69, 9.17) is 23.2 Å². The second-order valence-corrected chi connectivity index (χ2v) is 2.83. The van der Waals surface area contributed by atoms with E-state index in [1.54, 1.807) is 6.08 Å². The van der Waals surface area contributed by atoms with Crippen molar-refractivity contribution >= 4 is 29.2 Å². The van der Waals surface area contributed by atoms with Crippen molar-refractivity contribution in [2.45, 2.75) is 12.8 Å². The van der Waals surface area contributed by atoms with Gasteiger partial charge in [0, 0.05) is 11.5 Å². The number of methoxy groups -OCH3 is 1. The Balaban J connectivity index is 3.95. The van der Waals surface area contributed by atoms with Crippen LogP contribution in [0.15, 0.2) is 11.6 Å². The fourth-order valence-corrected chi connectivity index (χ4v) is 1.05. The summed E-state index contributed by atoms with van der Waals surface area (Å²) in [6, 6.07) is 0. The van der Waals surface area contributed by atoms with E-state index in [2.05, 4.69) is 4.74 Å². The molecule has 0 fully saturated rings. The van der Waals surface area contributed by atoms with Gasteiger partial charge in [0.05, 0.1) is 13.0 Å². The van der Waals surface area contributed by atoms with Crippen molar-refractivity contribution in [2.24, 2.45) is 0 Å². The van der Waals surface area contributed by atoms with Crippen molar-refractivity contribution in [1.29, 1.82) is 0 Å². The lowest BCUT2D eigenvalue weighted by Crippen LogP contribution is -2.05. The van der Waals surface area contributed by atoms with Gasteiger partial charge in [-0.05, 0) is 12.8 Å². The lowest BCUT2D eigenvalue weighted by Gasteiger charge is -1.99. The van der Waals surface area contributed by atoms with Crippen LogP contribution >= 0.6 is 23.2 Å². The van der Waals surface area contributed by atoms with Crippen molar-refractivity contribution in [3.63, 3.8) is 0 Å². The van der Waals surface area contributed by atoms with Crippen LogP contribution in [-0.4, -0.2) is 24.8 Å². The molecule has 0 radical (unpaired) electrons. The zero-order chi connectivity index (χ0) is 9.40. The summed E-state index contributed by atoms with van der Waals surface area (Å²) in [5.41, 5.74) is 0.504. The van der Waals surface area contributed by atoms with Gasteiger partial charge in [-0.2, -0.15) is 0 Å². The molecule has 0 aromatic heterocycles. The van der Waals surface area contributed by atoms with E-state index in [-0.39, 0.29) is 11.8 Å². The molecule has 70 valence electrons. The molecule has 12 heavy (non-hydrogen) atoms. The molecule has 0 aliphatic heterocycles. The Morgan fingerprint density at radius 1 is 1.50 bits per heavy atom. The topological polar surface area (TPSA) is 26.3 Å². The molecule has 0 heterocycles. The number of carbonyl (C=O) groups is 1. The van der Waals surface area contributed by atoms with E-state index in [9.17, 15) is 4.79 Å². The Hall–Kier alpha value is -0.210. The number of rotatable bonds is 5. The minimum absolute atomic E-state index is 0.189. The average molecular weight is 211 g/mol. The zero-order valence-corrected chi connectivity index (χ0v) is 8.49. The molecular formula is C8H12Cl2O2. The van der Waals surface area contributed by atoms with E-state index in [1.807, 2.05) is 0 Å². The largest absolute Gasteiger partial charge is 0.466 e. The lowest BCUT2D eigenvalue weighted by molar-refractivity contribution is -0.136. The Morgan fingerprint density at radius 2 is 2.17 bits per heavy atom. The highest BCUT2D eigenvalue weighted by Crippen LogP contribution is 2.04. The van der Waals surface area contributed by atoms with Crippen LogP contribution in [0.25, 0.3) is 0 Å². The molecule has 4 heteroatoms. The highest BCUT2D eigenvalue weighted by molar-refractivity contribution is 6.22.